The zero-order valence-corrected chi connectivity index (χ0v) is 20.0. The lowest BCUT2D eigenvalue weighted by Gasteiger charge is -2.37. The first-order valence-electron chi connectivity index (χ1n) is 9.56. The topological polar surface area (TPSA) is 88.0 Å². The number of para-hydroxylation sites is 1. The predicted octanol–water partition coefficient (Wildman–Crippen LogP) is 4.55. The number of carbonyl (C=O) groups is 1. The van der Waals surface area contributed by atoms with Crippen LogP contribution in [0.15, 0.2) is 36.4 Å². The predicted molar refractivity (Wildman–Crippen MR) is 129 cm³/mol. The van der Waals surface area contributed by atoms with Gasteiger partial charge in [0.25, 0.3) is 11.6 Å². The second-order valence-electron chi connectivity index (χ2n) is 6.97. The van der Waals surface area contributed by atoms with Crippen LogP contribution >= 0.6 is 47.0 Å². The van der Waals surface area contributed by atoms with E-state index in [0.717, 1.165) is 0 Å². The van der Waals surface area contributed by atoms with Crippen molar-refractivity contribution in [1.82, 2.24) is 10.2 Å². The van der Waals surface area contributed by atoms with Crippen LogP contribution in [0.4, 0.5) is 11.4 Å². The molecule has 8 nitrogen and oxygen atoms in total. The Bertz CT molecular complexity index is 1050. The number of carbonyl (C=O) groups excluding carboxylic acids is 1. The number of piperazine rings is 1. The molecule has 3 rings (SSSR count). The molecule has 1 saturated heterocycles. The van der Waals surface area contributed by atoms with E-state index in [4.69, 9.17) is 51.8 Å². The summed E-state index contributed by atoms with van der Waals surface area (Å²) >= 11 is 23.5. The van der Waals surface area contributed by atoms with Crippen molar-refractivity contribution in [3.05, 3.63) is 61.6 Å². The fourth-order valence-corrected chi connectivity index (χ4v) is 4.22. The molecule has 1 heterocycles. The molecule has 2 aromatic rings. The second-order valence-corrected chi connectivity index (χ2v) is 8.61. The lowest BCUT2D eigenvalue weighted by molar-refractivity contribution is -0.384. The number of benzene rings is 2. The van der Waals surface area contributed by atoms with Crippen LogP contribution < -0.4 is 15.0 Å². The quantitative estimate of drug-likeness (QED) is 0.354. The van der Waals surface area contributed by atoms with Gasteiger partial charge in [0, 0.05) is 37.3 Å². The number of nitrogens with zero attached hydrogens (tertiary/aromatic N) is 3. The molecule has 0 spiro atoms. The molecular formula is C20H19Cl3N4O4S. The number of nitrogens with one attached hydrogen (secondary N) is 1. The number of amides is 1. The van der Waals surface area contributed by atoms with E-state index in [1.165, 1.54) is 12.1 Å². The number of hydrogen-bond donors (Lipinski definition) is 1. The largest absolute Gasteiger partial charge is 0.479 e. The first kappa shape index (κ1) is 24.3. The Labute approximate surface area is 205 Å². The molecule has 1 aliphatic heterocycles. The average molecular weight is 518 g/mol. The van der Waals surface area contributed by atoms with Crippen molar-refractivity contribution in [3.8, 4) is 5.75 Å². The van der Waals surface area contributed by atoms with Crippen molar-refractivity contribution < 1.29 is 14.5 Å². The summed E-state index contributed by atoms with van der Waals surface area (Å²) in [7, 11) is 0. The minimum absolute atomic E-state index is 0.0475. The van der Waals surface area contributed by atoms with Crippen LogP contribution in [-0.4, -0.2) is 53.1 Å². The minimum atomic E-state index is -0.848. The van der Waals surface area contributed by atoms with Crippen molar-refractivity contribution in [1.29, 1.82) is 0 Å². The highest BCUT2D eigenvalue weighted by molar-refractivity contribution is 7.80. The maximum atomic E-state index is 12.5. The maximum Gasteiger partial charge on any atom is 0.294 e. The van der Waals surface area contributed by atoms with Crippen molar-refractivity contribution in [2.24, 2.45) is 0 Å². The van der Waals surface area contributed by atoms with Gasteiger partial charge >= 0.3 is 0 Å². The fraction of sp³-hybridized carbons (Fsp3) is 0.300. The number of nitro benzene ring substituents is 1. The summed E-state index contributed by atoms with van der Waals surface area (Å²) in [5, 5.41) is 15.3. The van der Waals surface area contributed by atoms with E-state index in [0.29, 0.717) is 52.7 Å². The third-order valence-corrected chi connectivity index (χ3v) is 6.04. The van der Waals surface area contributed by atoms with Gasteiger partial charge in [-0.1, -0.05) is 40.9 Å². The molecule has 0 aliphatic carbocycles. The van der Waals surface area contributed by atoms with Crippen molar-refractivity contribution in [2.45, 2.75) is 13.0 Å². The molecule has 170 valence electrons. The zero-order chi connectivity index (χ0) is 23.4. The molecule has 2 aromatic carbocycles. The number of nitro groups is 1. The Kier molecular flexibility index (Phi) is 8.00. The SMILES string of the molecule is CC(Oc1ccc(Cl)cc1Cl)C(=O)NC(=S)N1CCN(c2c(Cl)cccc2[N+](=O)[O-])CC1. The van der Waals surface area contributed by atoms with Crippen molar-refractivity contribution >= 4 is 69.4 Å². The van der Waals surface area contributed by atoms with E-state index in [2.05, 4.69) is 5.32 Å². The molecule has 0 bridgehead atoms. The zero-order valence-electron chi connectivity index (χ0n) is 16.9. The first-order valence-corrected chi connectivity index (χ1v) is 11.1. The molecule has 1 atom stereocenters. The van der Waals surface area contributed by atoms with Gasteiger partial charge in [0.1, 0.15) is 11.4 Å². The molecule has 0 saturated carbocycles. The molecule has 1 unspecified atom stereocenters. The third kappa shape index (κ3) is 5.72. The van der Waals surface area contributed by atoms with Crippen molar-refractivity contribution in [3.63, 3.8) is 0 Å². The van der Waals surface area contributed by atoms with Gasteiger partial charge in [0.15, 0.2) is 11.2 Å². The fourth-order valence-electron chi connectivity index (χ4n) is 3.20. The van der Waals surface area contributed by atoms with Crippen LogP contribution in [0.1, 0.15) is 6.92 Å². The van der Waals surface area contributed by atoms with Crippen LogP contribution in [0, 0.1) is 10.1 Å². The molecule has 12 heteroatoms. The van der Waals surface area contributed by atoms with E-state index in [9.17, 15) is 14.9 Å². The highest BCUT2D eigenvalue weighted by atomic mass is 35.5. The van der Waals surface area contributed by atoms with Gasteiger partial charge in [-0.05, 0) is 43.4 Å². The number of thiocarbonyl (C=S) groups is 1. The van der Waals surface area contributed by atoms with Crippen LogP contribution in [0.25, 0.3) is 0 Å². The molecule has 1 fully saturated rings. The van der Waals surface area contributed by atoms with E-state index in [-0.39, 0.29) is 10.8 Å². The Morgan fingerprint density at radius 2 is 1.84 bits per heavy atom. The van der Waals surface area contributed by atoms with E-state index >= 15 is 0 Å². The van der Waals surface area contributed by atoms with Gasteiger partial charge in [-0.25, -0.2) is 0 Å². The highest BCUT2D eigenvalue weighted by Crippen LogP contribution is 2.35. The normalized spacial score (nSPS) is 14.6. The summed E-state index contributed by atoms with van der Waals surface area (Å²) in [5.74, 6) is -0.0928. The summed E-state index contributed by atoms with van der Waals surface area (Å²) in [6.45, 7) is 3.40. The number of anilines is 1. The van der Waals surface area contributed by atoms with E-state index in [1.807, 2.05) is 9.80 Å². The van der Waals surface area contributed by atoms with Crippen LogP contribution in [-0.2, 0) is 4.79 Å². The summed E-state index contributed by atoms with van der Waals surface area (Å²) in [4.78, 5) is 27.1. The van der Waals surface area contributed by atoms with Gasteiger partial charge in [-0.15, -0.1) is 0 Å². The lowest BCUT2D eigenvalue weighted by Crippen LogP contribution is -2.54. The second kappa shape index (κ2) is 10.5. The summed E-state index contributed by atoms with van der Waals surface area (Å²) in [5.41, 5.74) is 0.337. The number of hydrogen-bond acceptors (Lipinski definition) is 6. The minimum Gasteiger partial charge on any atom is -0.479 e. The monoisotopic (exact) mass is 516 g/mol. The van der Waals surface area contributed by atoms with Crippen LogP contribution in [0.2, 0.25) is 15.1 Å². The Balaban J connectivity index is 1.57. The van der Waals surface area contributed by atoms with Gasteiger partial charge in [-0.3, -0.25) is 20.2 Å². The van der Waals surface area contributed by atoms with Gasteiger partial charge < -0.3 is 14.5 Å². The van der Waals surface area contributed by atoms with Crippen molar-refractivity contribution in [2.75, 3.05) is 31.1 Å². The standard InChI is InChI=1S/C20H19Cl3N4O4S/c1-12(31-17-6-5-13(21)11-15(17)23)19(28)24-20(32)26-9-7-25(8-10-26)18-14(22)3-2-4-16(18)27(29)30/h2-6,11-12H,7-10H2,1H3,(H,24,28,32). The molecule has 1 amide bonds. The van der Waals surface area contributed by atoms with Gasteiger partial charge in [-0.2, -0.15) is 0 Å². The Hall–Kier alpha value is -2.33. The lowest BCUT2D eigenvalue weighted by atomic mass is 10.2. The first-order chi connectivity index (χ1) is 15.2. The van der Waals surface area contributed by atoms with Crippen LogP contribution in [0.3, 0.4) is 0 Å². The summed E-state index contributed by atoms with van der Waals surface area (Å²) in [6.07, 6.45) is -0.848. The number of halogens is 3. The Morgan fingerprint density at radius 3 is 2.47 bits per heavy atom. The molecule has 0 radical (unpaired) electrons. The average Bonchev–Trinajstić information content (AvgIpc) is 2.75. The van der Waals surface area contributed by atoms with Gasteiger partial charge in [0.2, 0.25) is 0 Å². The Morgan fingerprint density at radius 1 is 1.16 bits per heavy atom. The third-order valence-electron chi connectivity index (χ3n) is 4.84. The molecule has 32 heavy (non-hydrogen) atoms. The van der Waals surface area contributed by atoms with E-state index in [1.54, 1.807) is 31.2 Å². The van der Waals surface area contributed by atoms with Gasteiger partial charge in [0.05, 0.1) is 15.0 Å². The highest BCUT2D eigenvalue weighted by Gasteiger charge is 2.28. The smallest absolute Gasteiger partial charge is 0.294 e. The molecule has 1 N–H and O–H groups in total. The summed E-state index contributed by atoms with van der Waals surface area (Å²) in [6, 6.07) is 9.31. The molecule has 1 aliphatic rings. The maximum absolute atomic E-state index is 12.5. The number of ether oxygens (including phenoxy) is 1. The summed E-state index contributed by atoms with van der Waals surface area (Å²) < 4.78 is 5.61. The van der Waals surface area contributed by atoms with E-state index < -0.39 is 16.9 Å². The van der Waals surface area contributed by atoms with Crippen LogP contribution in [0.5, 0.6) is 5.75 Å². The molecular weight excluding hydrogens is 499 g/mol. The number of rotatable bonds is 5. The molecule has 0 aromatic heterocycles.